The number of aliphatic carboxylic acids is 1. The molecule has 1 N–H and O–H groups in total. The summed E-state index contributed by atoms with van der Waals surface area (Å²) in [6.07, 6.45) is -0.817. The molecule has 1 unspecified atom stereocenters. The summed E-state index contributed by atoms with van der Waals surface area (Å²) < 4.78 is 28.8. The molecule has 0 bridgehead atoms. The summed E-state index contributed by atoms with van der Waals surface area (Å²) in [7, 11) is -3.82. The zero-order valence-corrected chi connectivity index (χ0v) is 8.61. The summed E-state index contributed by atoms with van der Waals surface area (Å²) in [6, 6.07) is 1.78. The third kappa shape index (κ3) is 3.16. The van der Waals surface area contributed by atoms with Crippen LogP contribution in [-0.2, 0) is 19.6 Å². The Bertz CT molecular complexity index is 385. The molecule has 0 aromatic heterocycles. The van der Waals surface area contributed by atoms with E-state index in [0.717, 1.165) is 4.31 Å². The van der Waals surface area contributed by atoms with Crippen molar-refractivity contribution in [1.29, 1.82) is 5.26 Å². The maximum Gasteiger partial charge on any atom is 0.320 e. The minimum absolute atomic E-state index is 0.0911. The van der Waals surface area contributed by atoms with E-state index in [1.807, 2.05) is 0 Å². The van der Waals surface area contributed by atoms with Crippen LogP contribution in [0.25, 0.3) is 0 Å². The Kier molecular flexibility index (Phi) is 3.62. The Morgan fingerprint density at radius 3 is 2.87 bits per heavy atom. The fourth-order valence-electron chi connectivity index (χ4n) is 1.20. The first-order valence-corrected chi connectivity index (χ1v) is 5.77. The van der Waals surface area contributed by atoms with Gasteiger partial charge in [-0.15, -0.1) is 0 Å². The number of nitriles is 1. The molecule has 1 atom stereocenters. The van der Waals surface area contributed by atoms with Gasteiger partial charge in [-0.1, -0.05) is 0 Å². The van der Waals surface area contributed by atoms with E-state index in [1.54, 1.807) is 6.07 Å². The monoisotopic (exact) mass is 234 g/mol. The first-order chi connectivity index (χ1) is 6.95. The number of hydrogen-bond donors (Lipinski definition) is 1. The molecule has 1 aliphatic heterocycles. The maximum absolute atomic E-state index is 11.4. The van der Waals surface area contributed by atoms with Crippen LogP contribution >= 0.6 is 0 Å². The average molecular weight is 234 g/mol. The van der Waals surface area contributed by atoms with E-state index in [2.05, 4.69) is 0 Å². The van der Waals surface area contributed by atoms with Gasteiger partial charge in [0.15, 0.2) is 11.9 Å². The summed E-state index contributed by atoms with van der Waals surface area (Å²) in [6.45, 7) is 0.0942. The second-order valence-corrected chi connectivity index (χ2v) is 4.97. The standard InChI is InChI=1S/C7H10N2O5S/c8-3-6-4-9(1-2-14-6)15(12,13)5-7(10)11/h6H,1-2,4-5H2,(H,10,11). The van der Waals surface area contributed by atoms with Gasteiger partial charge in [-0.3, -0.25) is 4.79 Å². The fourth-order valence-corrected chi connectivity index (χ4v) is 2.41. The third-order valence-corrected chi connectivity index (χ3v) is 3.60. The highest BCUT2D eigenvalue weighted by molar-refractivity contribution is 7.89. The van der Waals surface area contributed by atoms with Gasteiger partial charge in [-0.2, -0.15) is 9.57 Å². The predicted molar refractivity (Wildman–Crippen MR) is 48.3 cm³/mol. The van der Waals surface area contributed by atoms with Crippen LogP contribution in [0.15, 0.2) is 0 Å². The molecule has 15 heavy (non-hydrogen) atoms. The van der Waals surface area contributed by atoms with Gasteiger partial charge in [0.2, 0.25) is 10.0 Å². The van der Waals surface area contributed by atoms with Crippen LogP contribution in [0.1, 0.15) is 0 Å². The minimum atomic E-state index is -3.82. The molecule has 0 saturated carbocycles. The highest BCUT2D eigenvalue weighted by atomic mass is 32.2. The molecule has 1 heterocycles. The van der Waals surface area contributed by atoms with Crippen molar-refractivity contribution in [2.75, 3.05) is 25.4 Å². The van der Waals surface area contributed by atoms with Crippen molar-refractivity contribution in [3.8, 4) is 6.07 Å². The Balaban J connectivity index is 2.71. The fraction of sp³-hybridized carbons (Fsp3) is 0.714. The largest absolute Gasteiger partial charge is 0.480 e. The van der Waals surface area contributed by atoms with Crippen LogP contribution in [-0.4, -0.2) is 55.4 Å². The summed E-state index contributed by atoms with van der Waals surface area (Å²) in [4.78, 5) is 10.3. The first-order valence-electron chi connectivity index (χ1n) is 4.16. The van der Waals surface area contributed by atoms with Crippen molar-refractivity contribution in [2.24, 2.45) is 0 Å². The van der Waals surface area contributed by atoms with Crippen LogP contribution in [0.4, 0.5) is 0 Å². The Hall–Kier alpha value is -1.17. The van der Waals surface area contributed by atoms with Crippen LogP contribution in [0.3, 0.4) is 0 Å². The van der Waals surface area contributed by atoms with E-state index in [9.17, 15) is 13.2 Å². The molecule has 1 saturated heterocycles. The van der Waals surface area contributed by atoms with E-state index in [1.165, 1.54) is 0 Å². The second-order valence-electron chi connectivity index (χ2n) is 3.00. The Morgan fingerprint density at radius 1 is 1.67 bits per heavy atom. The lowest BCUT2D eigenvalue weighted by molar-refractivity contribution is -0.134. The number of sulfonamides is 1. The summed E-state index contributed by atoms with van der Waals surface area (Å²) >= 11 is 0. The van der Waals surface area contributed by atoms with Gasteiger partial charge >= 0.3 is 5.97 Å². The number of morpholine rings is 1. The van der Waals surface area contributed by atoms with Crippen molar-refractivity contribution < 1.29 is 23.1 Å². The highest BCUT2D eigenvalue weighted by Gasteiger charge is 2.30. The van der Waals surface area contributed by atoms with Crippen molar-refractivity contribution in [1.82, 2.24) is 4.31 Å². The normalized spacial score (nSPS) is 23.3. The molecule has 1 rings (SSSR count). The molecule has 7 nitrogen and oxygen atoms in total. The van der Waals surface area contributed by atoms with Gasteiger partial charge < -0.3 is 9.84 Å². The Labute approximate surface area is 86.9 Å². The molecule has 0 aromatic carbocycles. The van der Waals surface area contributed by atoms with Crippen LogP contribution < -0.4 is 0 Å². The van der Waals surface area contributed by atoms with E-state index >= 15 is 0 Å². The Morgan fingerprint density at radius 2 is 2.33 bits per heavy atom. The molecule has 8 heteroatoms. The lowest BCUT2D eigenvalue weighted by Crippen LogP contribution is -2.46. The van der Waals surface area contributed by atoms with E-state index in [4.69, 9.17) is 15.1 Å². The number of carboxylic acids is 1. The zero-order valence-electron chi connectivity index (χ0n) is 7.79. The maximum atomic E-state index is 11.4. The number of hydrogen-bond acceptors (Lipinski definition) is 5. The quantitative estimate of drug-likeness (QED) is 0.645. The van der Waals surface area contributed by atoms with Crippen molar-refractivity contribution in [3.05, 3.63) is 0 Å². The molecule has 1 fully saturated rings. The summed E-state index contributed by atoms with van der Waals surface area (Å²) in [5.41, 5.74) is 0. The SMILES string of the molecule is N#CC1CN(S(=O)(=O)CC(=O)O)CCO1. The smallest absolute Gasteiger partial charge is 0.320 e. The molecule has 0 amide bonds. The number of rotatable bonds is 3. The third-order valence-electron chi connectivity index (χ3n) is 1.87. The summed E-state index contributed by atoms with van der Waals surface area (Å²) in [5.74, 6) is -2.36. The van der Waals surface area contributed by atoms with Crippen LogP contribution in [0.2, 0.25) is 0 Å². The van der Waals surface area contributed by atoms with Gasteiger partial charge in [0.1, 0.15) is 0 Å². The summed E-state index contributed by atoms with van der Waals surface area (Å²) in [5, 5.41) is 16.9. The molecular weight excluding hydrogens is 224 g/mol. The van der Waals surface area contributed by atoms with Gasteiger partial charge in [-0.05, 0) is 0 Å². The van der Waals surface area contributed by atoms with Crippen molar-refractivity contribution in [2.45, 2.75) is 6.10 Å². The van der Waals surface area contributed by atoms with Gasteiger partial charge in [0.05, 0.1) is 19.2 Å². The lowest BCUT2D eigenvalue weighted by atomic mass is 10.3. The predicted octanol–water partition coefficient (Wildman–Crippen LogP) is -1.37. The molecule has 0 aromatic rings. The number of carbonyl (C=O) groups is 1. The average Bonchev–Trinajstić information content (AvgIpc) is 2.16. The molecular formula is C7H10N2O5S. The van der Waals surface area contributed by atoms with Gasteiger partial charge in [-0.25, -0.2) is 8.42 Å². The molecule has 0 radical (unpaired) electrons. The van der Waals surface area contributed by atoms with Gasteiger partial charge in [0, 0.05) is 6.54 Å². The lowest BCUT2D eigenvalue weighted by Gasteiger charge is -2.28. The first kappa shape index (κ1) is 11.9. The van der Waals surface area contributed by atoms with Crippen molar-refractivity contribution >= 4 is 16.0 Å². The number of carboxylic acid groups (broad SMARTS) is 1. The topological polar surface area (TPSA) is 108 Å². The van der Waals surface area contributed by atoms with Crippen LogP contribution in [0, 0.1) is 11.3 Å². The van der Waals surface area contributed by atoms with E-state index in [0.29, 0.717) is 0 Å². The van der Waals surface area contributed by atoms with Gasteiger partial charge in [0.25, 0.3) is 0 Å². The zero-order chi connectivity index (χ0) is 11.5. The molecule has 1 aliphatic rings. The van der Waals surface area contributed by atoms with Crippen LogP contribution in [0.5, 0.6) is 0 Å². The molecule has 0 aliphatic carbocycles. The van der Waals surface area contributed by atoms with E-state index in [-0.39, 0.29) is 19.7 Å². The van der Waals surface area contributed by atoms with E-state index < -0.39 is 27.8 Å². The second kappa shape index (κ2) is 4.57. The molecule has 0 spiro atoms. The minimum Gasteiger partial charge on any atom is -0.480 e. The number of ether oxygens (including phenoxy) is 1. The van der Waals surface area contributed by atoms with Crippen molar-refractivity contribution in [3.63, 3.8) is 0 Å². The number of nitrogens with zero attached hydrogens (tertiary/aromatic N) is 2. The molecule has 84 valence electrons. The highest BCUT2D eigenvalue weighted by Crippen LogP contribution is 2.09.